The molecule has 0 saturated carbocycles. The number of carbonyl (C=O) groups is 7. The number of phenolic OH excluding ortho intramolecular Hbond substituents is 1. The Morgan fingerprint density at radius 3 is 1.69 bits per heavy atom. The van der Waals surface area contributed by atoms with Gasteiger partial charge >= 0.3 is 5.97 Å². The van der Waals surface area contributed by atoms with Crippen LogP contribution < -0.4 is 49.1 Å². The van der Waals surface area contributed by atoms with Crippen molar-refractivity contribution in [2.24, 2.45) is 22.2 Å². The molecule has 65 heavy (non-hydrogen) atoms. The molecule has 0 spiro atoms. The van der Waals surface area contributed by atoms with Gasteiger partial charge in [0.2, 0.25) is 35.4 Å². The Morgan fingerprint density at radius 2 is 1.12 bits per heavy atom. The number of fused-ring (bicyclic) bond motifs is 1. The Hall–Kier alpha value is -7.52. The summed E-state index contributed by atoms with van der Waals surface area (Å²) in [6.45, 7) is 1.86. The number of carboxylic acids is 1. The van der Waals surface area contributed by atoms with Crippen LogP contribution in [0.5, 0.6) is 5.75 Å². The molecule has 3 aromatic carbocycles. The number of para-hydroxylation sites is 1. The van der Waals surface area contributed by atoms with Crippen LogP contribution >= 0.6 is 0 Å². The van der Waals surface area contributed by atoms with Gasteiger partial charge in [-0.1, -0.05) is 60.7 Å². The lowest BCUT2D eigenvalue weighted by Gasteiger charge is -2.27. The van der Waals surface area contributed by atoms with Crippen molar-refractivity contribution >= 4 is 58.3 Å². The van der Waals surface area contributed by atoms with Crippen molar-refractivity contribution in [3.05, 3.63) is 102 Å². The smallest absolute Gasteiger partial charge is 0.325 e. The number of nitrogens with zero attached hydrogens (tertiary/aromatic N) is 1. The summed E-state index contributed by atoms with van der Waals surface area (Å²) in [6, 6.07) is 12.4. The van der Waals surface area contributed by atoms with Crippen LogP contribution in [0.2, 0.25) is 0 Å². The molecule has 6 amide bonds. The van der Waals surface area contributed by atoms with Gasteiger partial charge in [-0.3, -0.25) is 38.6 Å². The average molecular weight is 900 g/mol. The molecule has 0 radical (unpaired) electrons. The highest BCUT2D eigenvalue weighted by atomic mass is 16.4. The number of aromatic hydroxyl groups is 1. The fraction of sp³-hybridized carbons (Fsp3) is 0.364. The van der Waals surface area contributed by atoms with E-state index >= 15 is 0 Å². The third kappa shape index (κ3) is 15.7. The summed E-state index contributed by atoms with van der Waals surface area (Å²) < 4.78 is 0. The van der Waals surface area contributed by atoms with Crippen LogP contribution in [-0.4, -0.2) is 123 Å². The molecule has 1 aromatic heterocycles. The van der Waals surface area contributed by atoms with Gasteiger partial charge in [0, 0.05) is 42.9 Å². The van der Waals surface area contributed by atoms with Crippen molar-refractivity contribution < 1.29 is 48.9 Å². The number of carbonyl (C=O) groups excluding carboxylic acids is 6. The summed E-state index contributed by atoms with van der Waals surface area (Å²) in [5.41, 5.74) is 19.0. The van der Waals surface area contributed by atoms with Crippen LogP contribution in [0.15, 0.2) is 90.1 Å². The molecule has 0 fully saturated rings. The number of H-pyrrole nitrogens is 1. The Balaban J connectivity index is 1.69. The quantitative estimate of drug-likeness (QED) is 0.0212. The van der Waals surface area contributed by atoms with Crippen molar-refractivity contribution in [2.75, 3.05) is 13.2 Å². The molecule has 0 unspecified atom stereocenters. The zero-order valence-electron chi connectivity index (χ0n) is 36.0. The van der Waals surface area contributed by atoms with Crippen molar-refractivity contribution in [1.29, 1.82) is 0 Å². The standard InChI is InChI=1S/C44H57N11O10/c1-24(45)37(58)55-36(23-56)42(63)51-32(13-8-18-48-44(46)47)38(59)52-34(19-26-9-4-3-5-10-26)40(61)54-35(21-28-22-49-31-12-7-6-11-30(28)31)41(62)53-33(39(60)50-25(2)43(64)65)20-27-14-16-29(57)17-15-27/h3-7,9-12,14-17,22,24-25,32-36,49,56-57H,8,13,18-21,23,45H2,1-2H3,(H,50,60)(H,51,63)(H,52,59)(H,53,62)(H,54,61)(H,55,58)(H,64,65)(H4,46,47,48)/t24-,25-,32-,33-,34-,35-,36-/m0/s1. The second-order valence-corrected chi connectivity index (χ2v) is 15.4. The average Bonchev–Trinajstić information content (AvgIpc) is 3.68. The summed E-state index contributed by atoms with van der Waals surface area (Å²) in [5.74, 6) is -6.56. The molecular formula is C44H57N11O10. The molecule has 21 nitrogen and oxygen atoms in total. The fourth-order valence-electron chi connectivity index (χ4n) is 6.60. The van der Waals surface area contributed by atoms with Gasteiger partial charge in [-0.05, 0) is 61.6 Å². The van der Waals surface area contributed by atoms with Crippen molar-refractivity contribution in [2.45, 2.75) is 88.2 Å². The minimum atomic E-state index is -1.49. The topological polar surface area (TPSA) is 359 Å². The molecule has 0 aliphatic rings. The zero-order chi connectivity index (χ0) is 47.6. The number of guanidine groups is 1. The monoisotopic (exact) mass is 899 g/mol. The van der Waals surface area contributed by atoms with Crippen molar-refractivity contribution in [1.82, 2.24) is 36.9 Å². The van der Waals surface area contributed by atoms with E-state index in [1.54, 1.807) is 42.6 Å². The number of carboxylic acid groups (broad SMARTS) is 1. The SMILES string of the molecule is C[C@H](N)C(=O)N[C@@H](CO)C(=O)N[C@@H](CCCN=C(N)N)C(=O)N[C@@H](Cc1ccccc1)C(=O)N[C@@H](Cc1c[nH]c2ccccc12)C(=O)N[C@@H](Cc1ccc(O)cc1)C(=O)N[C@@H](C)C(=O)O. The largest absolute Gasteiger partial charge is 0.508 e. The van der Waals surface area contributed by atoms with Crippen LogP contribution in [0.3, 0.4) is 0 Å². The van der Waals surface area contributed by atoms with E-state index in [4.69, 9.17) is 17.2 Å². The molecular weight excluding hydrogens is 843 g/mol. The van der Waals surface area contributed by atoms with Gasteiger partial charge in [-0.25, -0.2) is 0 Å². The number of nitrogens with one attached hydrogen (secondary N) is 7. The minimum absolute atomic E-state index is 0.0448. The molecule has 0 saturated heterocycles. The zero-order valence-corrected chi connectivity index (χ0v) is 36.0. The molecule has 1 heterocycles. The van der Waals surface area contributed by atoms with E-state index in [0.29, 0.717) is 16.7 Å². The molecule has 21 heteroatoms. The normalized spacial score (nSPS) is 14.2. The predicted octanol–water partition coefficient (Wildman–Crippen LogP) is -1.69. The number of aromatic amines is 1. The van der Waals surface area contributed by atoms with Gasteiger partial charge in [-0.15, -0.1) is 0 Å². The van der Waals surface area contributed by atoms with Crippen molar-refractivity contribution in [3.8, 4) is 5.75 Å². The summed E-state index contributed by atoms with van der Waals surface area (Å²) in [4.78, 5) is 101. The number of nitrogens with two attached hydrogens (primary N) is 3. The summed E-state index contributed by atoms with van der Waals surface area (Å²) in [5, 5.41) is 45.4. The number of aliphatic imine (C=N–C) groups is 1. The summed E-state index contributed by atoms with van der Waals surface area (Å²) in [7, 11) is 0. The molecule has 4 aromatic rings. The van der Waals surface area contributed by atoms with E-state index in [-0.39, 0.29) is 50.4 Å². The highest BCUT2D eigenvalue weighted by molar-refractivity contribution is 5.97. The molecule has 0 bridgehead atoms. The van der Waals surface area contributed by atoms with Crippen LogP contribution in [0.4, 0.5) is 0 Å². The summed E-state index contributed by atoms with van der Waals surface area (Å²) >= 11 is 0. The van der Waals surface area contributed by atoms with E-state index < -0.39 is 90.3 Å². The molecule has 348 valence electrons. The predicted molar refractivity (Wildman–Crippen MR) is 239 cm³/mol. The molecule has 0 aliphatic heterocycles. The first-order chi connectivity index (χ1) is 30.9. The molecule has 7 atom stereocenters. The highest BCUT2D eigenvalue weighted by Gasteiger charge is 2.34. The maximum absolute atomic E-state index is 14.6. The molecule has 16 N–H and O–H groups in total. The number of benzene rings is 3. The van der Waals surface area contributed by atoms with Gasteiger partial charge in [-0.2, -0.15) is 0 Å². The van der Waals surface area contributed by atoms with Gasteiger partial charge in [0.25, 0.3) is 0 Å². The molecule has 4 rings (SSSR count). The van der Waals surface area contributed by atoms with Crippen LogP contribution in [0.25, 0.3) is 10.9 Å². The van der Waals surface area contributed by atoms with Crippen molar-refractivity contribution in [3.63, 3.8) is 0 Å². The number of aromatic nitrogens is 1. The number of rotatable bonds is 24. The fourth-order valence-corrected chi connectivity index (χ4v) is 6.60. The number of aliphatic carboxylic acids is 1. The van der Waals surface area contributed by atoms with E-state index in [1.807, 2.05) is 18.2 Å². The van der Waals surface area contributed by atoms with Gasteiger partial charge in [0.1, 0.15) is 42.0 Å². The van der Waals surface area contributed by atoms with E-state index in [9.17, 15) is 48.9 Å². The van der Waals surface area contributed by atoms with Gasteiger partial charge in [0.15, 0.2) is 5.96 Å². The van der Waals surface area contributed by atoms with E-state index in [1.165, 1.54) is 38.1 Å². The van der Waals surface area contributed by atoms with Gasteiger partial charge in [0.05, 0.1) is 12.6 Å². The minimum Gasteiger partial charge on any atom is -0.508 e. The molecule has 0 aliphatic carbocycles. The van der Waals surface area contributed by atoms with Gasteiger partial charge < -0.3 is 69.4 Å². The maximum atomic E-state index is 14.6. The first-order valence-electron chi connectivity index (χ1n) is 20.8. The highest BCUT2D eigenvalue weighted by Crippen LogP contribution is 2.20. The maximum Gasteiger partial charge on any atom is 0.325 e. The van der Waals surface area contributed by atoms with E-state index in [2.05, 4.69) is 41.9 Å². The number of aliphatic hydroxyl groups excluding tert-OH is 1. The Kier molecular flexibility index (Phi) is 18.8. The van der Waals surface area contributed by atoms with Crippen LogP contribution in [-0.2, 0) is 52.8 Å². The lowest BCUT2D eigenvalue weighted by Crippen LogP contribution is -2.60. The Bertz CT molecular complexity index is 2300. The number of hydrogen-bond donors (Lipinski definition) is 13. The number of aliphatic hydroxyl groups is 1. The van der Waals surface area contributed by atoms with Crippen LogP contribution in [0.1, 0.15) is 43.4 Å². The second-order valence-electron chi connectivity index (χ2n) is 15.4. The third-order valence-electron chi connectivity index (χ3n) is 10.2. The number of hydrogen-bond acceptors (Lipinski definition) is 11. The number of phenols is 1. The lowest BCUT2D eigenvalue weighted by atomic mass is 10.00. The Labute approximate surface area is 374 Å². The Morgan fingerprint density at radius 1 is 0.631 bits per heavy atom. The third-order valence-corrected chi connectivity index (χ3v) is 10.2. The first-order valence-corrected chi connectivity index (χ1v) is 20.8. The number of amides is 6. The summed E-state index contributed by atoms with van der Waals surface area (Å²) in [6.07, 6.45) is 1.42. The lowest BCUT2D eigenvalue weighted by molar-refractivity contribution is -0.141. The van der Waals surface area contributed by atoms with Crippen LogP contribution in [0, 0.1) is 0 Å². The van der Waals surface area contributed by atoms with E-state index in [0.717, 1.165) is 10.9 Å². The second kappa shape index (κ2) is 24.4. The first kappa shape index (κ1) is 50.1.